The van der Waals surface area contributed by atoms with Crippen molar-refractivity contribution in [3.63, 3.8) is 0 Å². The Labute approximate surface area is 237 Å². The fourth-order valence-electron chi connectivity index (χ4n) is 4.40. The van der Waals surface area contributed by atoms with E-state index in [2.05, 4.69) is 38.4 Å². The van der Waals surface area contributed by atoms with E-state index in [0.29, 0.717) is 23.1 Å². The van der Waals surface area contributed by atoms with Crippen LogP contribution in [0.4, 0.5) is 23.0 Å². The Morgan fingerprint density at radius 2 is 1.85 bits per heavy atom. The third-order valence-corrected chi connectivity index (χ3v) is 6.45. The van der Waals surface area contributed by atoms with Crippen LogP contribution in [0, 0.1) is 0 Å². The zero-order valence-electron chi connectivity index (χ0n) is 24.7. The predicted molar refractivity (Wildman–Crippen MR) is 166 cm³/mol. The highest BCUT2D eigenvalue weighted by Gasteiger charge is 2.17. The molecule has 0 bridgehead atoms. The monoisotopic (exact) mass is 546 g/mol. The number of fused-ring (bicyclic) bond motifs is 1. The number of nitrogens with one attached hydrogen (secondary N) is 2. The summed E-state index contributed by atoms with van der Waals surface area (Å²) in [5, 5.41) is 7.09. The predicted octanol–water partition coefficient (Wildman–Crippen LogP) is 4.03. The number of aromatic nitrogens is 3. The van der Waals surface area contributed by atoms with Crippen molar-refractivity contribution in [1.82, 2.24) is 24.8 Å². The molecule has 10 heteroatoms. The molecule has 4 rings (SSSR count). The molecule has 214 valence electrons. The highest BCUT2D eigenvalue weighted by atomic mass is 16.5. The average molecular weight is 547 g/mol. The van der Waals surface area contributed by atoms with Gasteiger partial charge in [-0.15, -0.1) is 0 Å². The van der Waals surface area contributed by atoms with Gasteiger partial charge in [0, 0.05) is 55.1 Å². The van der Waals surface area contributed by atoms with Gasteiger partial charge in [0.1, 0.15) is 12.0 Å². The summed E-state index contributed by atoms with van der Waals surface area (Å²) >= 11 is 0. The Kier molecular flexibility index (Phi) is 10.9. The molecule has 40 heavy (non-hydrogen) atoms. The van der Waals surface area contributed by atoms with Crippen LogP contribution >= 0.6 is 0 Å². The second-order valence-corrected chi connectivity index (χ2v) is 9.76. The van der Waals surface area contributed by atoms with E-state index in [1.807, 2.05) is 82.5 Å². The number of likely N-dealkylation sites (N-methyl/N-ethyl adjacent to an activating group) is 2. The fourth-order valence-corrected chi connectivity index (χ4v) is 4.40. The summed E-state index contributed by atoms with van der Waals surface area (Å²) in [6.45, 7) is 4.09. The molecule has 0 radical (unpaired) electrons. The van der Waals surface area contributed by atoms with Crippen molar-refractivity contribution >= 4 is 40.2 Å². The lowest BCUT2D eigenvalue weighted by molar-refractivity contribution is -0.108. The second-order valence-electron chi connectivity index (χ2n) is 9.76. The lowest BCUT2D eigenvalue weighted by atomic mass is 10.0. The lowest BCUT2D eigenvalue weighted by Crippen LogP contribution is -2.29. The molecule has 2 heterocycles. The Morgan fingerprint density at radius 1 is 1.12 bits per heavy atom. The van der Waals surface area contributed by atoms with Gasteiger partial charge in [-0.2, -0.15) is 0 Å². The second kappa shape index (κ2) is 14.3. The first-order valence-electron chi connectivity index (χ1n) is 13.3. The van der Waals surface area contributed by atoms with E-state index in [1.54, 1.807) is 7.11 Å². The van der Waals surface area contributed by atoms with Crippen LogP contribution in [-0.2, 0) is 17.8 Å². The molecule has 0 saturated carbocycles. The van der Waals surface area contributed by atoms with Gasteiger partial charge in [-0.05, 0) is 52.3 Å². The zero-order valence-corrected chi connectivity index (χ0v) is 24.7. The van der Waals surface area contributed by atoms with Gasteiger partial charge in [0.2, 0.25) is 5.95 Å². The topological polar surface area (TPSA) is 114 Å². The van der Waals surface area contributed by atoms with E-state index in [-0.39, 0.29) is 6.54 Å². The number of carbonyl (C=O) groups is 1. The van der Waals surface area contributed by atoms with E-state index in [1.165, 1.54) is 0 Å². The first-order chi connectivity index (χ1) is 19.3. The number of rotatable bonds is 11. The molecule has 0 fully saturated rings. The van der Waals surface area contributed by atoms with Crippen LogP contribution in [0.5, 0.6) is 5.75 Å². The number of carbonyl (C=O) groups excluding carboxylic acids is 1. The van der Waals surface area contributed by atoms with Crippen molar-refractivity contribution in [3.05, 3.63) is 54.4 Å². The van der Waals surface area contributed by atoms with Crippen molar-refractivity contribution in [2.45, 2.75) is 19.9 Å². The summed E-state index contributed by atoms with van der Waals surface area (Å²) in [6.07, 6.45) is 5.51. The molecule has 0 aliphatic heterocycles. The number of benzene rings is 2. The third kappa shape index (κ3) is 7.08. The van der Waals surface area contributed by atoms with Crippen molar-refractivity contribution in [2.24, 2.45) is 0 Å². The van der Waals surface area contributed by atoms with Gasteiger partial charge in [-0.1, -0.05) is 25.1 Å². The van der Waals surface area contributed by atoms with Crippen LogP contribution in [-0.4, -0.2) is 81.2 Å². The summed E-state index contributed by atoms with van der Waals surface area (Å²) in [4.78, 5) is 25.0. The van der Waals surface area contributed by atoms with E-state index in [4.69, 9.17) is 15.5 Å². The van der Waals surface area contributed by atoms with Crippen LogP contribution in [0.2, 0.25) is 0 Å². The molecule has 0 spiro atoms. The normalized spacial score (nSPS) is 10.8. The highest BCUT2D eigenvalue weighted by Crippen LogP contribution is 2.37. The molecule has 4 aromatic rings. The van der Waals surface area contributed by atoms with E-state index >= 15 is 0 Å². The van der Waals surface area contributed by atoms with E-state index < -0.39 is 0 Å². The summed E-state index contributed by atoms with van der Waals surface area (Å²) in [7, 11) is 11.5. The molecular formula is C30H42N8O2. The number of nitrogens with two attached hydrogens (primary N) is 1. The minimum absolute atomic E-state index is 0.282. The number of aldehydes is 1. The van der Waals surface area contributed by atoms with Crippen molar-refractivity contribution < 1.29 is 9.53 Å². The lowest BCUT2D eigenvalue weighted by Gasteiger charge is -2.24. The third-order valence-electron chi connectivity index (χ3n) is 6.45. The number of nitrogen functional groups attached to an aromatic ring is 1. The summed E-state index contributed by atoms with van der Waals surface area (Å²) in [5.74, 6) is 1.08. The van der Waals surface area contributed by atoms with Crippen molar-refractivity contribution in [2.75, 3.05) is 71.4 Å². The maximum absolute atomic E-state index is 11.3. The van der Waals surface area contributed by atoms with Crippen LogP contribution in [0.15, 0.2) is 48.8 Å². The van der Waals surface area contributed by atoms with Gasteiger partial charge in [-0.25, -0.2) is 9.97 Å². The molecular weight excluding hydrogens is 504 g/mol. The first kappa shape index (κ1) is 30.4. The van der Waals surface area contributed by atoms with Gasteiger partial charge < -0.3 is 40.3 Å². The molecule has 0 aliphatic carbocycles. The minimum atomic E-state index is 0.282. The van der Waals surface area contributed by atoms with Gasteiger partial charge in [0.25, 0.3) is 0 Å². The largest absolute Gasteiger partial charge is 0.494 e. The summed E-state index contributed by atoms with van der Waals surface area (Å²) in [5.41, 5.74) is 12.5. The molecule has 0 aliphatic rings. The SMILES string of the molecule is CCc1cnc(Nc2cc(N)c(N(C)CCN(C)C)cc2OC)nc1-c1cn(CC=O)c2ccccc12.CNC. The zero-order chi connectivity index (χ0) is 29.2. The number of hydrogen-bond acceptors (Lipinski definition) is 9. The van der Waals surface area contributed by atoms with Gasteiger partial charge >= 0.3 is 0 Å². The Balaban J connectivity index is 0.00000141. The van der Waals surface area contributed by atoms with Crippen LogP contribution in [0.1, 0.15) is 12.5 Å². The van der Waals surface area contributed by atoms with Crippen LogP contribution in [0.3, 0.4) is 0 Å². The molecule has 0 amide bonds. The van der Waals surface area contributed by atoms with E-state index in [0.717, 1.165) is 59.2 Å². The maximum atomic E-state index is 11.3. The number of nitrogens with zero attached hydrogens (tertiary/aromatic N) is 5. The summed E-state index contributed by atoms with van der Waals surface area (Å²) in [6, 6.07) is 11.8. The van der Waals surface area contributed by atoms with Crippen molar-refractivity contribution in [1.29, 1.82) is 0 Å². The fraction of sp³-hybridized carbons (Fsp3) is 0.367. The number of methoxy groups -OCH3 is 1. The molecule has 10 nitrogen and oxygen atoms in total. The number of ether oxygens (including phenoxy) is 1. The Hall–Kier alpha value is -4.15. The van der Waals surface area contributed by atoms with Gasteiger partial charge in [-0.3, -0.25) is 0 Å². The van der Waals surface area contributed by atoms with Gasteiger partial charge in [0.15, 0.2) is 0 Å². The molecule has 0 unspecified atom stereocenters. The number of aryl methyl sites for hydroxylation is 1. The molecule has 2 aromatic carbocycles. The quantitative estimate of drug-likeness (QED) is 0.190. The minimum Gasteiger partial charge on any atom is -0.494 e. The van der Waals surface area contributed by atoms with E-state index in [9.17, 15) is 4.79 Å². The smallest absolute Gasteiger partial charge is 0.227 e. The molecule has 2 aromatic heterocycles. The molecule has 4 N–H and O–H groups in total. The highest BCUT2D eigenvalue weighted by molar-refractivity contribution is 5.96. The number of hydrogen-bond donors (Lipinski definition) is 3. The van der Waals surface area contributed by atoms with Gasteiger partial charge in [0.05, 0.1) is 36.4 Å². The molecule has 0 saturated heterocycles. The standard InChI is InChI=1S/C28H35N7O2.C2H7N/c1-6-19-17-30-28(32-27(19)21-18-35(13-14-36)24-10-8-7-9-20(21)24)31-23-15-22(29)25(16-26(23)37-5)34(4)12-11-33(2)3;1-3-2/h7-10,14-18H,6,11-13,29H2,1-5H3,(H,30,31,32);3H,1-2H3. The number of para-hydroxylation sites is 1. The maximum Gasteiger partial charge on any atom is 0.227 e. The van der Waals surface area contributed by atoms with Crippen LogP contribution < -0.4 is 26.0 Å². The van der Waals surface area contributed by atoms with Crippen molar-refractivity contribution in [3.8, 4) is 17.0 Å². The molecule has 0 atom stereocenters. The van der Waals surface area contributed by atoms with Crippen LogP contribution in [0.25, 0.3) is 22.2 Å². The average Bonchev–Trinajstić information content (AvgIpc) is 3.31. The Bertz CT molecular complexity index is 1420. The number of anilines is 4. The first-order valence-corrected chi connectivity index (χ1v) is 13.3. The summed E-state index contributed by atoms with van der Waals surface area (Å²) < 4.78 is 7.64. The Morgan fingerprint density at radius 3 is 2.50 bits per heavy atom.